The molecular weight excluding hydrogens is 370 g/mol. The molecule has 3 N–H and O–H groups in total. The Morgan fingerprint density at radius 2 is 1.62 bits per heavy atom. The minimum atomic E-state index is -0.465. The number of aryl methyl sites for hydroxylation is 2. The lowest BCUT2D eigenvalue weighted by Crippen LogP contribution is -2.36. The summed E-state index contributed by atoms with van der Waals surface area (Å²) in [6.45, 7) is 5.09. The molecule has 3 amide bonds. The van der Waals surface area contributed by atoms with Crippen LogP contribution in [0.1, 0.15) is 36.1 Å². The van der Waals surface area contributed by atoms with Crippen LogP contribution in [0.2, 0.25) is 0 Å². The largest absolute Gasteiger partial charge is 0.495 e. The number of hydrogen-bond donors (Lipinski definition) is 3. The number of rotatable bonds is 8. The van der Waals surface area contributed by atoms with E-state index >= 15 is 0 Å². The molecule has 0 spiro atoms. The Balaban J connectivity index is 1.94. The van der Waals surface area contributed by atoms with E-state index in [-0.39, 0.29) is 30.7 Å². The lowest BCUT2D eigenvalue weighted by Gasteiger charge is -2.18. The molecule has 0 bridgehead atoms. The molecule has 7 nitrogen and oxygen atoms in total. The van der Waals surface area contributed by atoms with Crippen molar-refractivity contribution in [1.82, 2.24) is 10.6 Å². The van der Waals surface area contributed by atoms with Crippen LogP contribution in [0.15, 0.2) is 42.5 Å². The highest BCUT2D eigenvalue weighted by atomic mass is 16.5. The molecule has 2 aromatic rings. The van der Waals surface area contributed by atoms with Crippen LogP contribution in [0.3, 0.4) is 0 Å². The van der Waals surface area contributed by atoms with Crippen LogP contribution < -0.4 is 20.7 Å². The number of carbonyl (C=O) groups excluding carboxylic acids is 3. The second-order valence-corrected chi connectivity index (χ2v) is 6.90. The van der Waals surface area contributed by atoms with Crippen molar-refractivity contribution in [3.05, 3.63) is 59.2 Å². The first kappa shape index (κ1) is 21.9. The minimum Gasteiger partial charge on any atom is -0.495 e. The molecule has 0 saturated heterocycles. The van der Waals surface area contributed by atoms with Gasteiger partial charge in [0.1, 0.15) is 5.75 Å². The van der Waals surface area contributed by atoms with Crippen molar-refractivity contribution in [2.75, 3.05) is 19.0 Å². The van der Waals surface area contributed by atoms with Gasteiger partial charge in [-0.2, -0.15) is 0 Å². The van der Waals surface area contributed by atoms with Gasteiger partial charge in [-0.1, -0.05) is 35.9 Å². The first-order valence-electron chi connectivity index (χ1n) is 9.33. The summed E-state index contributed by atoms with van der Waals surface area (Å²) in [4.78, 5) is 36.1. The lowest BCUT2D eigenvalue weighted by molar-refractivity contribution is -0.125. The fraction of sp³-hybridized carbons (Fsp3) is 0.318. The number of carbonyl (C=O) groups is 3. The Hall–Kier alpha value is -3.35. The summed E-state index contributed by atoms with van der Waals surface area (Å²) in [7, 11) is 1.52. The molecule has 154 valence electrons. The minimum absolute atomic E-state index is 0.0314. The fourth-order valence-electron chi connectivity index (χ4n) is 2.85. The Morgan fingerprint density at radius 1 is 0.966 bits per heavy atom. The molecule has 0 aliphatic carbocycles. The molecule has 0 fully saturated rings. The van der Waals surface area contributed by atoms with Gasteiger partial charge in [-0.25, -0.2) is 0 Å². The van der Waals surface area contributed by atoms with Crippen LogP contribution in [0.25, 0.3) is 0 Å². The van der Waals surface area contributed by atoms with E-state index in [0.717, 1.165) is 16.7 Å². The normalized spacial score (nSPS) is 11.3. The van der Waals surface area contributed by atoms with Crippen LogP contribution >= 0.6 is 0 Å². The smallest absolute Gasteiger partial charge is 0.243 e. The lowest BCUT2D eigenvalue weighted by atomic mass is 10.0. The second-order valence-electron chi connectivity index (χ2n) is 6.90. The Kier molecular flexibility index (Phi) is 7.77. The van der Waals surface area contributed by atoms with Crippen molar-refractivity contribution in [2.45, 2.75) is 33.2 Å². The fourth-order valence-corrected chi connectivity index (χ4v) is 2.85. The van der Waals surface area contributed by atoms with Gasteiger partial charge in [0, 0.05) is 6.92 Å². The van der Waals surface area contributed by atoms with Gasteiger partial charge < -0.3 is 20.7 Å². The maximum Gasteiger partial charge on any atom is 0.243 e. The van der Waals surface area contributed by atoms with Crippen LogP contribution in [0, 0.1) is 13.8 Å². The predicted molar refractivity (Wildman–Crippen MR) is 112 cm³/mol. The molecule has 0 heterocycles. The maximum absolute atomic E-state index is 12.3. The Labute approximate surface area is 170 Å². The van der Waals surface area contributed by atoms with Gasteiger partial charge in [0.15, 0.2) is 0 Å². The third-order valence-corrected chi connectivity index (χ3v) is 4.32. The average Bonchev–Trinajstić information content (AvgIpc) is 2.66. The van der Waals surface area contributed by atoms with Crippen molar-refractivity contribution in [2.24, 2.45) is 0 Å². The molecule has 2 rings (SSSR count). The number of benzene rings is 2. The van der Waals surface area contributed by atoms with Crippen LogP contribution in [0.5, 0.6) is 5.75 Å². The zero-order valence-electron chi connectivity index (χ0n) is 17.2. The summed E-state index contributed by atoms with van der Waals surface area (Å²) in [5.74, 6) is -0.391. The van der Waals surface area contributed by atoms with Crippen molar-refractivity contribution < 1.29 is 19.1 Å². The van der Waals surface area contributed by atoms with Gasteiger partial charge in [0.05, 0.1) is 31.8 Å². The van der Waals surface area contributed by atoms with Crippen LogP contribution in [-0.4, -0.2) is 31.4 Å². The third-order valence-electron chi connectivity index (χ3n) is 4.32. The van der Waals surface area contributed by atoms with Crippen molar-refractivity contribution in [3.8, 4) is 5.75 Å². The van der Waals surface area contributed by atoms with E-state index in [9.17, 15) is 14.4 Å². The van der Waals surface area contributed by atoms with E-state index in [2.05, 4.69) is 16.0 Å². The molecule has 0 saturated carbocycles. The van der Waals surface area contributed by atoms with Gasteiger partial charge in [-0.3, -0.25) is 14.4 Å². The molecular formula is C22H27N3O4. The number of nitrogens with one attached hydrogen (secondary N) is 3. The summed E-state index contributed by atoms with van der Waals surface area (Å²) in [5.41, 5.74) is 3.43. The zero-order chi connectivity index (χ0) is 21.4. The second kappa shape index (κ2) is 10.3. The molecule has 2 aromatic carbocycles. The number of amides is 3. The summed E-state index contributed by atoms with van der Waals surface area (Å²) >= 11 is 0. The third kappa shape index (κ3) is 6.95. The number of hydrogen-bond acceptors (Lipinski definition) is 4. The van der Waals surface area contributed by atoms with E-state index in [1.54, 1.807) is 12.1 Å². The molecule has 7 heteroatoms. The van der Waals surface area contributed by atoms with E-state index < -0.39 is 6.04 Å². The molecule has 0 radical (unpaired) electrons. The summed E-state index contributed by atoms with van der Waals surface area (Å²) in [6.07, 6.45) is 0.0314. The highest BCUT2D eigenvalue weighted by molar-refractivity contribution is 5.95. The van der Waals surface area contributed by atoms with Crippen LogP contribution in [0.4, 0.5) is 5.69 Å². The maximum atomic E-state index is 12.3. The Morgan fingerprint density at radius 3 is 2.24 bits per heavy atom. The topological polar surface area (TPSA) is 96.5 Å². The van der Waals surface area contributed by atoms with E-state index in [1.165, 1.54) is 14.0 Å². The van der Waals surface area contributed by atoms with Crippen LogP contribution in [-0.2, 0) is 14.4 Å². The highest BCUT2D eigenvalue weighted by Gasteiger charge is 2.18. The van der Waals surface area contributed by atoms with Gasteiger partial charge in [0.25, 0.3) is 0 Å². The average molecular weight is 397 g/mol. The Bertz CT molecular complexity index is 878. The first-order chi connectivity index (χ1) is 13.8. The van der Waals surface area contributed by atoms with Crippen molar-refractivity contribution in [1.29, 1.82) is 0 Å². The molecule has 0 aliphatic heterocycles. The van der Waals surface area contributed by atoms with Gasteiger partial charge in [0.2, 0.25) is 17.7 Å². The van der Waals surface area contributed by atoms with Gasteiger partial charge >= 0.3 is 0 Å². The number of ether oxygens (including phenoxy) is 1. The van der Waals surface area contributed by atoms with Gasteiger partial charge in [-0.15, -0.1) is 0 Å². The number of methoxy groups -OCH3 is 1. The SMILES string of the molecule is COc1ccc(C)cc1NC(=O)CNC(=O)CC(NC(C)=O)c1ccc(C)cc1. The number of anilines is 1. The monoisotopic (exact) mass is 397 g/mol. The standard InChI is InChI=1S/C22H27N3O4/c1-14-5-8-17(9-6-14)18(24-16(3)26)12-21(27)23-13-22(28)25-19-11-15(2)7-10-20(19)29-4/h5-11,18H,12-13H2,1-4H3,(H,23,27)(H,24,26)(H,25,28). The first-order valence-corrected chi connectivity index (χ1v) is 9.33. The van der Waals surface area contributed by atoms with E-state index in [0.29, 0.717) is 11.4 Å². The highest BCUT2D eigenvalue weighted by Crippen LogP contribution is 2.25. The summed E-state index contributed by atoms with van der Waals surface area (Å²) < 4.78 is 5.23. The molecule has 29 heavy (non-hydrogen) atoms. The van der Waals surface area contributed by atoms with Crippen molar-refractivity contribution >= 4 is 23.4 Å². The zero-order valence-corrected chi connectivity index (χ0v) is 17.2. The molecule has 0 aromatic heterocycles. The van der Waals surface area contributed by atoms with Gasteiger partial charge in [-0.05, 0) is 37.1 Å². The molecule has 0 aliphatic rings. The van der Waals surface area contributed by atoms with E-state index in [4.69, 9.17) is 4.74 Å². The summed E-state index contributed by atoms with van der Waals surface area (Å²) in [6, 6.07) is 12.6. The predicted octanol–water partition coefficient (Wildman–Crippen LogP) is 2.63. The summed E-state index contributed by atoms with van der Waals surface area (Å²) in [5, 5.41) is 8.11. The van der Waals surface area contributed by atoms with Crippen molar-refractivity contribution in [3.63, 3.8) is 0 Å². The van der Waals surface area contributed by atoms with E-state index in [1.807, 2.05) is 44.2 Å². The molecule has 1 unspecified atom stereocenters. The quantitative estimate of drug-likeness (QED) is 0.638. The molecule has 1 atom stereocenters.